The van der Waals surface area contributed by atoms with E-state index < -0.39 is 0 Å². The molecular weight excluding hydrogens is 613 g/mol. The fourth-order valence-corrected chi connectivity index (χ4v) is 13.0. The molecule has 2 aromatic carbocycles. The molecule has 50 heavy (non-hydrogen) atoms. The first-order chi connectivity index (χ1) is 24.1. The van der Waals surface area contributed by atoms with Gasteiger partial charge in [-0.2, -0.15) is 4.40 Å². The Kier molecular flexibility index (Phi) is 7.24. The van der Waals surface area contributed by atoms with E-state index in [1.807, 2.05) is 0 Å². The Labute approximate surface area is 300 Å². The molecule has 0 amide bonds. The smallest absolute Gasteiger partial charge is 0.299 e. The van der Waals surface area contributed by atoms with Gasteiger partial charge in [0.15, 0.2) is 11.0 Å². The second-order valence-electron chi connectivity index (χ2n) is 18.9. The Hall–Kier alpha value is -2.50. The number of fused-ring (bicyclic) bond motifs is 8. The molecule has 3 aliphatic carbocycles. The highest BCUT2D eigenvalue weighted by molar-refractivity contribution is 5.98. The van der Waals surface area contributed by atoms with Crippen molar-refractivity contribution >= 4 is 27.6 Å². The van der Waals surface area contributed by atoms with Crippen LogP contribution < -0.4 is 4.57 Å². The zero-order valence-corrected chi connectivity index (χ0v) is 32.0. The van der Waals surface area contributed by atoms with Crippen LogP contribution in [-0.4, -0.2) is 44.6 Å². The van der Waals surface area contributed by atoms with Gasteiger partial charge in [-0.1, -0.05) is 66.0 Å². The molecule has 3 saturated carbocycles. The number of rotatable bonds is 3. The molecule has 0 N–H and O–H groups in total. The summed E-state index contributed by atoms with van der Waals surface area (Å²) in [6, 6.07) is 12.2. The van der Waals surface area contributed by atoms with Gasteiger partial charge in [0.05, 0.1) is 23.1 Å². The van der Waals surface area contributed by atoms with Gasteiger partial charge in [-0.25, -0.2) is 9.55 Å². The highest BCUT2D eigenvalue weighted by Crippen LogP contribution is 2.57. The largest absolute Gasteiger partial charge is 0.372 e. The van der Waals surface area contributed by atoms with Crippen LogP contribution in [0.15, 0.2) is 24.3 Å². The number of morpholine rings is 1. The third kappa shape index (κ3) is 4.32. The standard InChI is InChI=1S/C45H61N4O/c1-8-45(9-2)22-21-28-17-19-30(40-39(28)42-48(43(46-40)44(5,6)7)35-23-26(3)27(4)24-36(35)49(42)45)29-18-20-33-32(25-29)31-13-12-16-38-41(31)47(33)34-14-10-11-15-37(34)50-38/h17,19,23-24,29,31-34,37-38,41H,8-16,18,20-22,25H2,1-7H3/q+1. The lowest BCUT2D eigenvalue weighted by Crippen LogP contribution is -2.63. The molecular formula is C45H61N4O+. The Morgan fingerprint density at radius 2 is 1.66 bits per heavy atom. The van der Waals surface area contributed by atoms with Crippen molar-refractivity contribution in [3.05, 3.63) is 52.3 Å². The minimum Gasteiger partial charge on any atom is -0.372 e. The fourth-order valence-electron chi connectivity index (χ4n) is 13.0. The summed E-state index contributed by atoms with van der Waals surface area (Å²) in [6.45, 7) is 16.6. The maximum atomic E-state index is 7.00. The van der Waals surface area contributed by atoms with Gasteiger partial charge in [0.2, 0.25) is 5.82 Å². The molecule has 266 valence electrons. The van der Waals surface area contributed by atoms with Crippen LogP contribution in [0.2, 0.25) is 0 Å². The normalized spacial score (nSPS) is 33.5. The van der Waals surface area contributed by atoms with Crippen molar-refractivity contribution in [2.24, 2.45) is 11.8 Å². The van der Waals surface area contributed by atoms with E-state index in [9.17, 15) is 0 Å². The number of aromatic nitrogens is 3. The number of hydrogen-bond acceptors (Lipinski definition) is 3. The van der Waals surface area contributed by atoms with E-state index in [2.05, 4.69) is 86.6 Å². The Bertz CT molecular complexity index is 2010. The molecule has 2 saturated heterocycles. The van der Waals surface area contributed by atoms with E-state index in [1.165, 1.54) is 121 Å². The minimum absolute atomic E-state index is 0.0839. The quantitative estimate of drug-likeness (QED) is 0.203. The van der Waals surface area contributed by atoms with Gasteiger partial charge in [0.1, 0.15) is 5.54 Å². The molecule has 0 bridgehead atoms. The van der Waals surface area contributed by atoms with Crippen molar-refractivity contribution in [1.29, 1.82) is 0 Å². The molecule has 2 aromatic heterocycles. The van der Waals surface area contributed by atoms with Crippen molar-refractivity contribution < 1.29 is 9.30 Å². The number of nitrogens with zero attached hydrogens (tertiary/aromatic N) is 4. The summed E-state index contributed by atoms with van der Waals surface area (Å²) in [6.07, 6.45) is 19.0. The summed E-state index contributed by atoms with van der Waals surface area (Å²) in [7, 11) is 0. The van der Waals surface area contributed by atoms with E-state index >= 15 is 0 Å². The number of hydrogen-bond donors (Lipinski definition) is 0. The van der Waals surface area contributed by atoms with Crippen LogP contribution in [0.25, 0.3) is 27.6 Å². The highest BCUT2D eigenvalue weighted by Gasteiger charge is 2.60. The van der Waals surface area contributed by atoms with Crippen LogP contribution in [0, 0.1) is 25.7 Å². The van der Waals surface area contributed by atoms with Crippen LogP contribution in [0.4, 0.5) is 0 Å². The van der Waals surface area contributed by atoms with Crippen LogP contribution in [0.5, 0.6) is 0 Å². The van der Waals surface area contributed by atoms with Crippen molar-refractivity contribution in [2.75, 3.05) is 0 Å². The molecule has 5 nitrogen and oxygen atoms in total. The third-order valence-corrected chi connectivity index (χ3v) is 15.6. The van der Waals surface area contributed by atoms with Crippen molar-refractivity contribution in [3.8, 4) is 0 Å². The van der Waals surface area contributed by atoms with Gasteiger partial charge in [-0.05, 0) is 137 Å². The van der Waals surface area contributed by atoms with Gasteiger partial charge >= 0.3 is 0 Å². The molecule has 8 atom stereocenters. The summed E-state index contributed by atoms with van der Waals surface area (Å²) in [5.41, 5.74) is 11.3. The molecule has 5 heteroatoms. The maximum absolute atomic E-state index is 7.00. The molecule has 5 heterocycles. The fraction of sp³-hybridized carbons (Fsp3) is 0.689. The SMILES string of the molecule is CCC1(CC)CCc2ccc(C3CCC4C(C3)C3CCCC5OC6CCCCC6N4C53)c3nc(C(C)(C)C)n4c5cc(C)c(C)cc5[n+]1c4c23. The number of imidazole rings is 1. The van der Waals surface area contributed by atoms with E-state index in [1.54, 1.807) is 5.56 Å². The van der Waals surface area contributed by atoms with Gasteiger partial charge in [-0.15, -0.1) is 0 Å². The highest BCUT2D eigenvalue weighted by atomic mass is 16.5. The topological polar surface area (TPSA) is 33.6 Å². The lowest BCUT2D eigenvalue weighted by molar-refractivity contribution is -0.721. The predicted molar refractivity (Wildman–Crippen MR) is 203 cm³/mol. The molecule has 0 radical (unpaired) electrons. The minimum atomic E-state index is -0.100. The molecule has 10 rings (SSSR count). The Balaban J connectivity index is 1.17. The van der Waals surface area contributed by atoms with Crippen molar-refractivity contribution in [3.63, 3.8) is 0 Å². The van der Waals surface area contributed by atoms with E-state index in [-0.39, 0.29) is 11.0 Å². The van der Waals surface area contributed by atoms with E-state index in [4.69, 9.17) is 9.72 Å². The van der Waals surface area contributed by atoms with Gasteiger partial charge in [0, 0.05) is 23.5 Å². The summed E-state index contributed by atoms with van der Waals surface area (Å²) >= 11 is 0. The molecule has 5 fully saturated rings. The molecule has 0 spiro atoms. The Morgan fingerprint density at radius 3 is 2.46 bits per heavy atom. The summed E-state index contributed by atoms with van der Waals surface area (Å²) in [4.78, 5) is 9.02. The van der Waals surface area contributed by atoms with Crippen molar-refractivity contribution in [2.45, 2.75) is 186 Å². The van der Waals surface area contributed by atoms with Crippen LogP contribution >= 0.6 is 0 Å². The Morgan fingerprint density at radius 1 is 0.880 bits per heavy atom. The van der Waals surface area contributed by atoms with Crippen LogP contribution in [0.1, 0.15) is 152 Å². The first kappa shape index (κ1) is 32.2. The molecule has 8 unspecified atom stereocenters. The summed E-state index contributed by atoms with van der Waals surface area (Å²) < 4.78 is 12.5. The van der Waals surface area contributed by atoms with Crippen LogP contribution in [-0.2, 0) is 22.1 Å². The average Bonchev–Trinajstić information content (AvgIpc) is 3.57. The molecule has 3 aliphatic heterocycles. The molecule has 6 aliphatic rings. The monoisotopic (exact) mass is 673 g/mol. The van der Waals surface area contributed by atoms with Crippen molar-refractivity contribution in [1.82, 2.24) is 14.3 Å². The van der Waals surface area contributed by atoms with E-state index in [0.717, 1.165) is 37.1 Å². The number of benzene rings is 2. The van der Waals surface area contributed by atoms with Gasteiger partial charge < -0.3 is 4.74 Å². The lowest BCUT2D eigenvalue weighted by atomic mass is 9.68. The maximum Gasteiger partial charge on any atom is 0.299 e. The van der Waals surface area contributed by atoms with E-state index in [0.29, 0.717) is 30.2 Å². The first-order valence-corrected chi connectivity index (χ1v) is 20.9. The zero-order chi connectivity index (χ0) is 34.3. The average molecular weight is 674 g/mol. The summed E-state index contributed by atoms with van der Waals surface area (Å²) in [5.74, 6) is 3.39. The first-order valence-electron chi connectivity index (χ1n) is 20.9. The second-order valence-corrected chi connectivity index (χ2v) is 18.9. The summed E-state index contributed by atoms with van der Waals surface area (Å²) in [5, 5.41) is 1.45. The zero-order valence-electron chi connectivity index (χ0n) is 32.0. The molecule has 4 aromatic rings. The third-order valence-electron chi connectivity index (χ3n) is 15.6. The number of ether oxygens (including phenoxy) is 1. The lowest BCUT2D eigenvalue weighted by Gasteiger charge is -2.53. The van der Waals surface area contributed by atoms with Gasteiger partial charge in [-0.3, -0.25) is 4.90 Å². The van der Waals surface area contributed by atoms with Crippen LogP contribution in [0.3, 0.4) is 0 Å². The second kappa shape index (κ2) is 11.3. The predicted octanol–water partition coefficient (Wildman–Crippen LogP) is 9.75. The number of aryl methyl sites for hydroxylation is 3. The van der Waals surface area contributed by atoms with Gasteiger partial charge in [0.25, 0.3) is 5.65 Å².